The second kappa shape index (κ2) is 7.26. The number of benzene rings is 1. The number of carbonyl (C=O) groups excluding carboxylic acids is 1. The Morgan fingerprint density at radius 2 is 2.05 bits per heavy atom. The molecule has 1 amide bonds. The third-order valence-electron chi connectivity index (χ3n) is 3.54. The maximum atomic E-state index is 11.6. The normalized spacial score (nSPS) is 21.7. The Balaban J connectivity index is 1.61. The van der Waals surface area contributed by atoms with Crippen molar-refractivity contribution in [2.45, 2.75) is 24.8 Å². The van der Waals surface area contributed by atoms with Gasteiger partial charge in [-0.15, -0.1) is 0 Å². The molecule has 1 aromatic carbocycles. The second-order valence-electron chi connectivity index (χ2n) is 5.01. The van der Waals surface area contributed by atoms with Crippen molar-refractivity contribution in [2.24, 2.45) is 0 Å². The van der Waals surface area contributed by atoms with E-state index < -0.39 is 0 Å². The minimum Gasteiger partial charge on any atom is -0.383 e. The first-order chi connectivity index (χ1) is 9.29. The van der Waals surface area contributed by atoms with Crippen LogP contribution in [0.3, 0.4) is 0 Å². The van der Waals surface area contributed by atoms with Gasteiger partial charge >= 0.3 is 0 Å². The number of carbonyl (C=O) groups is 1. The van der Waals surface area contributed by atoms with Crippen LogP contribution >= 0.6 is 0 Å². The lowest BCUT2D eigenvalue weighted by molar-refractivity contribution is -0.121. The van der Waals surface area contributed by atoms with E-state index in [0.717, 1.165) is 12.8 Å². The van der Waals surface area contributed by atoms with Crippen molar-refractivity contribution in [3.63, 3.8) is 0 Å². The standard InChI is InChI=1S/C15H22N2O2/c1-19-8-7-16-11-15(18)17-14-9-13(10-14)12-5-3-2-4-6-12/h2-6,13-14,16H,7-11H2,1H3,(H,17,18). The molecule has 0 bridgehead atoms. The lowest BCUT2D eigenvalue weighted by atomic mass is 9.76. The lowest BCUT2D eigenvalue weighted by Crippen LogP contribution is -2.46. The Kier molecular flexibility index (Phi) is 5.36. The molecular formula is C15H22N2O2. The maximum absolute atomic E-state index is 11.6. The predicted octanol–water partition coefficient (Wildman–Crippen LogP) is 1.28. The van der Waals surface area contributed by atoms with E-state index >= 15 is 0 Å². The molecule has 1 aliphatic rings. The summed E-state index contributed by atoms with van der Waals surface area (Å²) in [5.74, 6) is 0.681. The molecule has 0 unspecified atom stereocenters. The molecule has 1 saturated carbocycles. The molecule has 0 radical (unpaired) electrons. The van der Waals surface area contributed by atoms with Gasteiger partial charge in [-0.2, -0.15) is 0 Å². The third kappa shape index (κ3) is 4.33. The van der Waals surface area contributed by atoms with Crippen molar-refractivity contribution in [1.29, 1.82) is 0 Å². The maximum Gasteiger partial charge on any atom is 0.234 e. The van der Waals surface area contributed by atoms with Gasteiger partial charge in [-0.05, 0) is 24.3 Å². The van der Waals surface area contributed by atoms with Crippen molar-refractivity contribution >= 4 is 5.91 Å². The number of amides is 1. The Morgan fingerprint density at radius 3 is 2.74 bits per heavy atom. The zero-order valence-corrected chi connectivity index (χ0v) is 11.4. The van der Waals surface area contributed by atoms with Crippen molar-refractivity contribution in [2.75, 3.05) is 26.8 Å². The zero-order chi connectivity index (χ0) is 13.5. The van der Waals surface area contributed by atoms with Gasteiger partial charge in [-0.3, -0.25) is 4.79 Å². The monoisotopic (exact) mass is 262 g/mol. The van der Waals surface area contributed by atoms with Gasteiger partial charge in [0.1, 0.15) is 0 Å². The summed E-state index contributed by atoms with van der Waals surface area (Å²) in [6, 6.07) is 10.8. The van der Waals surface area contributed by atoms with E-state index in [1.807, 2.05) is 6.07 Å². The molecule has 2 N–H and O–H groups in total. The SMILES string of the molecule is COCCNCC(=O)NC1CC(c2ccccc2)C1. The molecule has 0 saturated heterocycles. The first kappa shape index (κ1) is 14.0. The fourth-order valence-electron chi connectivity index (χ4n) is 2.39. The molecule has 19 heavy (non-hydrogen) atoms. The summed E-state index contributed by atoms with van der Waals surface area (Å²) in [7, 11) is 1.65. The van der Waals surface area contributed by atoms with E-state index in [0.29, 0.717) is 31.7 Å². The van der Waals surface area contributed by atoms with Gasteiger partial charge in [0, 0.05) is 19.7 Å². The van der Waals surface area contributed by atoms with Crippen LogP contribution in [0.2, 0.25) is 0 Å². The third-order valence-corrected chi connectivity index (χ3v) is 3.54. The molecule has 0 heterocycles. The van der Waals surface area contributed by atoms with Crippen molar-refractivity contribution < 1.29 is 9.53 Å². The summed E-state index contributed by atoms with van der Waals surface area (Å²) in [6.07, 6.45) is 2.10. The molecule has 1 fully saturated rings. The van der Waals surface area contributed by atoms with Gasteiger partial charge in [0.2, 0.25) is 5.91 Å². The molecule has 2 rings (SSSR count). The van der Waals surface area contributed by atoms with E-state index in [9.17, 15) is 4.79 Å². The molecule has 0 spiro atoms. The summed E-state index contributed by atoms with van der Waals surface area (Å²) < 4.78 is 4.91. The van der Waals surface area contributed by atoms with Crippen LogP contribution in [0.25, 0.3) is 0 Å². The smallest absolute Gasteiger partial charge is 0.234 e. The van der Waals surface area contributed by atoms with Crippen LogP contribution in [0.1, 0.15) is 24.3 Å². The van der Waals surface area contributed by atoms with Crippen LogP contribution in [0, 0.1) is 0 Å². The highest BCUT2D eigenvalue weighted by molar-refractivity contribution is 5.78. The molecule has 0 aromatic heterocycles. The predicted molar refractivity (Wildman–Crippen MR) is 75.1 cm³/mol. The topological polar surface area (TPSA) is 50.4 Å². The number of hydrogen-bond acceptors (Lipinski definition) is 3. The van der Waals surface area contributed by atoms with Gasteiger partial charge in [-0.25, -0.2) is 0 Å². The molecule has 4 nitrogen and oxygen atoms in total. The lowest BCUT2D eigenvalue weighted by Gasteiger charge is -2.36. The van der Waals surface area contributed by atoms with Gasteiger partial charge in [-0.1, -0.05) is 30.3 Å². The quantitative estimate of drug-likeness (QED) is 0.728. The number of hydrogen-bond donors (Lipinski definition) is 2. The largest absolute Gasteiger partial charge is 0.383 e. The fourth-order valence-corrected chi connectivity index (χ4v) is 2.39. The second-order valence-corrected chi connectivity index (χ2v) is 5.01. The fraction of sp³-hybridized carbons (Fsp3) is 0.533. The van der Waals surface area contributed by atoms with E-state index in [1.54, 1.807) is 7.11 Å². The van der Waals surface area contributed by atoms with Crippen molar-refractivity contribution in [1.82, 2.24) is 10.6 Å². The highest BCUT2D eigenvalue weighted by Gasteiger charge is 2.30. The summed E-state index contributed by atoms with van der Waals surface area (Å²) in [5.41, 5.74) is 1.38. The van der Waals surface area contributed by atoms with Crippen LogP contribution in [0.5, 0.6) is 0 Å². The van der Waals surface area contributed by atoms with Crippen LogP contribution in [0.15, 0.2) is 30.3 Å². The molecule has 4 heteroatoms. The Bertz CT molecular complexity index is 388. The number of rotatable bonds is 7. The summed E-state index contributed by atoms with van der Waals surface area (Å²) in [5, 5.41) is 6.10. The Labute approximate surface area is 114 Å². The van der Waals surface area contributed by atoms with E-state index in [2.05, 4.69) is 34.9 Å². The minimum atomic E-state index is 0.0765. The highest BCUT2D eigenvalue weighted by Crippen LogP contribution is 2.36. The number of nitrogens with one attached hydrogen (secondary N) is 2. The molecule has 104 valence electrons. The molecule has 0 atom stereocenters. The first-order valence-corrected chi connectivity index (χ1v) is 6.83. The van der Waals surface area contributed by atoms with E-state index in [-0.39, 0.29) is 5.91 Å². The average molecular weight is 262 g/mol. The van der Waals surface area contributed by atoms with Gasteiger partial charge in [0.05, 0.1) is 13.2 Å². The minimum absolute atomic E-state index is 0.0765. The molecule has 1 aliphatic carbocycles. The highest BCUT2D eigenvalue weighted by atomic mass is 16.5. The van der Waals surface area contributed by atoms with Crippen LogP contribution in [-0.2, 0) is 9.53 Å². The first-order valence-electron chi connectivity index (χ1n) is 6.83. The summed E-state index contributed by atoms with van der Waals surface area (Å²) in [4.78, 5) is 11.6. The average Bonchev–Trinajstić information content (AvgIpc) is 2.39. The summed E-state index contributed by atoms with van der Waals surface area (Å²) in [6.45, 7) is 1.71. The molecular weight excluding hydrogens is 240 g/mol. The number of ether oxygens (including phenoxy) is 1. The van der Waals surface area contributed by atoms with Crippen molar-refractivity contribution in [3.05, 3.63) is 35.9 Å². The van der Waals surface area contributed by atoms with Crippen LogP contribution in [-0.4, -0.2) is 38.8 Å². The summed E-state index contributed by atoms with van der Waals surface area (Å²) >= 11 is 0. The van der Waals surface area contributed by atoms with Gasteiger partial charge in [0.25, 0.3) is 0 Å². The molecule has 0 aliphatic heterocycles. The van der Waals surface area contributed by atoms with Gasteiger partial charge < -0.3 is 15.4 Å². The van der Waals surface area contributed by atoms with Crippen LogP contribution < -0.4 is 10.6 Å². The van der Waals surface area contributed by atoms with Crippen LogP contribution in [0.4, 0.5) is 0 Å². The van der Waals surface area contributed by atoms with Crippen molar-refractivity contribution in [3.8, 4) is 0 Å². The Hall–Kier alpha value is -1.39. The van der Waals surface area contributed by atoms with Gasteiger partial charge in [0.15, 0.2) is 0 Å². The van der Waals surface area contributed by atoms with E-state index in [4.69, 9.17) is 4.74 Å². The zero-order valence-electron chi connectivity index (χ0n) is 11.4. The molecule has 1 aromatic rings. The number of methoxy groups -OCH3 is 1. The van der Waals surface area contributed by atoms with E-state index in [1.165, 1.54) is 5.56 Å². The Morgan fingerprint density at radius 1 is 1.32 bits per heavy atom.